The van der Waals surface area contributed by atoms with Gasteiger partial charge in [0.1, 0.15) is 5.70 Å². The van der Waals surface area contributed by atoms with E-state index < -0.39 is 5.97 Å². The topological polar surface area (TPSA) is 55.4 Å². The second-order valence-electron chi connectivity index (χ2n) is 4.67. The third kappa shape index (κ3) is 3.69. The number of nitrogens with one attached hydrogen (secondary N) is 1. The van der Waals surface area contributed by atoms with E-state index in [2.05, 4.69) is 5.32 Å². The van der Waals surface area contributed by atoms with Crippen molar-refractivity contribution >= 4 is 11.9 Å². The number of rotatable bonds is 3. The first-order chi connectivity index (χ1) is 10.1. The van der Waals surface area contributed by atoms with E-state index in [1.807, 2.05) is 48.6 Å². The molecule has 0 bridgehead atoms. The maximum Gasteiger partial charge on any atom is 0.354 e. The lowest BCUT2D eigenvalue weighted by molar-refractivity contribution is -0.137. The van der Waals surface area contributed by atoms with Gasteiger partial charge in [0, 0.05) is 12.8 Å². The van der Waals surface area contributed by atoms with Crippen LogP contribution in [0.25, 0.3) is 0 Å². The van der Waals surface area contributed by atoms with Gasteiger partial charge in [-0.1, -0.05) is 48.6 Å². The van der Waals surface area contributed by atoms with Gasteiger partial charge in [0.25, 0.3) is 0 Å². The molecular weight excluding hydrogens is 266 g/mol. The van der Waals surface area contributed by atoms with Gasteiger partial charge in [-0.3, -0.25) is 4.79 Å². The van der Waals surface area contributed by atoms with Crippen molar-refractivity contribution in [3.63, 3.8) is 0 Å². The molecule has 0 aromatic heterocycles. The molecule has 2 rings (SSSR count). The van der Waals surface area contributed by atoms with Gasteiger partial charge in [-0.05, 0) is 17.2 Å². The first-order valence-corrected chi connectivity index (χ1v) is 6.62. The zero-order valence-corrected chi connectivity index (χ0v) is 12.0. The summed E-state index contributed by atoms with van der Waals surface area (Å²) in [5.74, 6) is -0.829. The fourth-order valence-corrected chi connectivity index (χ4v) is 2.21. The summed E-state index contributed by atoms with van der Waals surface area (Å²) in [7, 11) is 1.29. The molecule has 2 aliphatic rings. The highest BCUT2D eigenvalue weighted by atomic mass is 16.5. The second-order valence-corrected chi connectivity index (χ2v) is 4.67. The molecule has 108 valence electrons. The Hall–Kier alpha value is -2.62. The number of fused-ring (bicyclic) bond motifs is 1. The molecule has 4 nitrogen and oxygen atoms in total. The first kappa shape index (κ1) is 14.8. The Bertz CT molecular complexity index is 630. The van der Waals surface area contributed by atoms with Gasteiger partial charge in [-0.15, -0.1) is 0 Å². The van der Waals surface area contributed by atoms with Crippen LogP contribution in [0.15, 0.2) is 71.5 Å². The number of esters is 1. The summed E-state index contributed by atoms with van der Waals surface area (Å²) in [6.07, 6.45) is 17.5. The Morgan fingerprint density at radius 3 is 2.67 bits per heavy atom. The molecule has 0 spiro atoms. The molecule has 2 aliphatic carbocycles. The average Bonchev–Trinajstić information content (AvgIpc) is 2.68. The van der Waals surface area contributed by atoms with Crippen LogP contribution in [0.1, 0.15) is 6.92 Å². The minimum atomic E-state index is -0.569. The van der Waals surface area contributed by atoms with Crippen LogP contribution in [-0.2, 0) is 14.3 Å². The number of carbonyl (C=O) groups excluding carboxylic acids is 2. The van der Waals surface area contributed by atoms with Crippen LogP contribution in [0.4, 0.5) is 0 Å². The summed E-state index contributed by atoms with van der Waals surface area (Å²) in [4.78, 5) is 23.0. The molecule has 0 aromatic carbocycles. The predicted molar refractivity (Wildman–Crippen MR) is 81.0 cm³/mol. The normalized spacial score (nSPS) is 20.1. The van der Waals surface area contributed by atoms with E-state index in [4.69, 9.17) is 4.74 Å². The summed E-state index contributed by atoms with van der Waals surface area (Å²) >= 11 is 0. The Kier molecular flexibility index (Phi) is 4.72. The largest absolute Gasteiger partial charge is 0.464 e. The number of amides is 1. The van der Waals surface area contributed by atoms with E-state index in [9.17, 15) is 9.59 Å². The van der Waals surface area contributed by atoms with Gasteiger partial charge in [-0.2, -0.15) is 0 Å². The highest BCUT2D eigenvalue weighted by molar-refractivity contribution is 5.93. The molecule has 0 aromatic rings. The highest BCUT2D eigenvalue weighted by Crippen LogP contribution is 2.29. The number of methoxy groups -OCH3 is 1. The summed E-state index contributed by atoms with van der Waals surface area (Å²) in [6.45, 7) is 1.35. The molecule has 0 radical (unpaired) electrons. The number of allylic oxidation sites excluding steroid dienone is 11. The van der Waals surface area contributed by atoms with Crippen LogP contribution in [0, 0.1) is 5.92 Å². The fourth-order valence-electron chi connectivity index (χ4n) is 2.21. The van der Waals surface area contributed by atoms with Crippen LogP contribution in [0.2, 0.25) is 0 Å². The Balaban J connectivity index is 2.37. The molecule has 0 saturated heterocycles. The number of ether oxygens (including phenoxy) is 1. The van der Waals surface area contributed by atoms with Crippen molar-refractivity contribution in [3.8, 4) is 0 Å². The zero-order valence-electron chi connectivity index (χ0n) is 12.0. The number of carbonyl (C=O) groups is 2. The monoisotopic (exact) mass is 283 g/mol. The molecule has 1 N–H and O–H groups in total. The van der Waals surface area contributed by atoms with Crippen LogP contribution < -0.4 is 5.32 Å². The molecule has 1 amide bonds. The lowest BCUT2D eigenvalue weighted by atomic mass is 9.87. The van der Waals surface area contributed by atoms with Gasteiger partial charge in [-0.25, -0.2) is 4.79 Å². The van der Waals surface area contributed by atoms with Gasteiger partial charge >= 0.3 is 5.97 Å². The van der Waals surface area contributed by atoms with Gasteiger partial charge in [0.2, 0.25) is 5.91 Å². The molecule has 1 unspecified atom stereocenters. The highest BCUT2D eigenvalue weighted by Gasteiger charge is 2.19. The SMILES string of the molecule is COC(=O)C(=CC1=CC=CC=C2C=CC=CC21)NC(C)=O. The first-order valence-electron chi connectivity index (χ1n) is 6.62. The Morgan fingerprint density at radius 1 is 1.19 bits per heavy atom. The van der Waals surface area contributed by atoms with Gasteiger partial charge in [0.15, 0.2) is 0 Å². The Morgan fingerprint density at radius 2 is 1.95 bits per heavy atom. The van der Waals surface area contributed by atoms with Gasteiger partial charge < -0.3 is 10.1 Å². The lowest BCUT2D eigenvalue weighted by Crippen LogP contribution is -2.26. The minimum absolute atomic E-state index is 0.0541. The van der Waals surface area contributed by atoms with Crippen LogP contribution in [0.5, 0.6) is 0 Å². The predicted octanol–water partition coefficient (Wildman–Crippen LogP) is 2.34. The van der Waals surface area contributed by atoms with Crippen molar-refractivity contribution in [3.05, 3.63) is 71.5 Å². The quantitative estimate of drug-likeness (QED) is 0.639. The van der Waals surface area contributed by atoms with E-state index in [0.29, 0.717) is 0 Å². The van der Waals surface area contributed by atoms with Crippen molar-refractivity contribution in [2.45, 2.75) is 6.92 Å². The minimum Gasteiger partial charge on any atom is -0.464 e. The van der Waals surface area contributed by atoms with Crippen molar-refractivity contribution in [1.29, 1.82) is 0 Å². The molecule has 4 heteroatoms. The molecule has 21 heavy (non-hydrogen) atoms. The van der Waals surface area contributed by atoms with Crippen molar-refractivity contribution in [1.82, 2.24) is 5.32 Å². The van der Waals surface area contributed by atoms with Crippen molar-refractivity contribution < 1.29 is 14.3 Å². The fraction of sp³-hybridized carbons (Fsp3) is 0.176. The van der Waals surface area contributed by atoms with Gasteiger partial charge in [0.05, 0.1) is 7.11 Å². The summed E-state index contributed by atoms with van der Waals surface area (Å²) in [5, 5.41) is 2.51. The lowest BCUT2D eigenvalue weighted by Gasteiger charge is -2.18. The molecular formula is C17H17NO3. The summed E-state index contributed by atoms with van der Waals surface area (Å²) < 4.78 is 4.71. The van der Waals surface area contributed by atoms with E-state index in [0.717, 1.165) is 11.1 Å². The molecule has 0 fully saturated rings. The van der Waals surface area contributed by atoms with Crippen LogP contribution in [0.3, 0.4) is 0 Å². The maximum atomic E-state index is 11.8. The number of hydrogen-bond donors (Lipinski definition) is 1. The van der Waals surface area contributed by atoms with E-state index in [1.165, 1.54) is 14.0 Å². The summed E-state index contributed by atoms with van der Waals surface area (Å²) in [5.41, 5.74) is 2.17. The van der Waals surface area contributed by atoms with E-state index in [-0.39, 0.29) is 17.5 Å². The standard InChI is InChI=1S/C17H17NO3/c1-12(19)18-16(17(20)21-2)11-14-9-4-3-7-13-8-5-6-10-15(13)14/h3-11,15H,1-2H3,(H,18,19). The third-order valence-corrected chi connectivity index (χ3v) is 3.14. The summed E-state index contributed by atoms with van der Waals surface area (Å²) in [6, 6.07) is 0. The molecule has 1 atom stereocenters. The van der Waals surface area contributed by atoms with E-state index >= 15 is 0 Å². The van der Waals surface area contributed by atoms with Crippen LogP contribution >= 0.6 is 0 Å². The number of hydrogen-bond acceptors (Lipinski definition) is 3. The van der Waals surface area contributed by atoms with Crippen molar-refractivity contribution in [2.24, 2.45) is 5.92 Å². The second kappa shape index (κ2) is 6.70. The van der Waals surface area contributed by atoms with Crippen molar-refractivity contribution in [2.75, 3.05) is 7.11 Å². The maximum absolute atomic E-state index is 11.8. The Labute approximate surface area is 123 Å². The average molecular weight is 283 g/mol. The zero-order chi connectivity index (χ0) is 15.2. The molecule has 0 saturated carbocycles. The van der Waals surface area contributed by atoms with Crippen LogP contribution in [-0.4, -0.2) is 19.0 Å². The molecule has 0 aliphatic heterocycles. The third-order valence-electron chi connectivity index (χ3n) is 3.14. The molecule has 0 heterocycles. The smallest absolute Gasteiger partial charge is 0.354 e. The van der Waals surface area contributed by atoms with E-state index in [1.54, 1.807) is 6.08 Å².